The molecular weight excluding hydrogens is 352 g/mol. The molecule has 0 atom stereocenters. The second-order valence-corrected chi connectivity index (χ2v) is 6.37. The van der Waals surface area contributed by atoms with Crippen LogP contribution in [0.4, 0.5) is 9.93 Å². The highest BCUT2D eigenvalue weighted by molar-refractivity contribution is 7.22. The lowest BCUT2D eigenvalue weighted by atomic mass is 10.1. The highest BCUT2D eigenvalue weighted by Crippen LogP contribution is 2.29. The number of hydrogen-bond donors (Lipinski definition) is 2. The summed E-state index contributed by atoms with van der Waals surface area (Å²) in [6.07, 6.45) is 0. The van der Waals surface area contributed by atoms with Gasteiger partial charge in [0.25, 0.3) is 0 Å². The van der Waals surface area contributed by atoms with Gasteiger partial charge in [0.2, 0.25) is 0 Å². The molecule has 2 aromatic carbocycles. The van der Waals surface area contributed by atoms with E-state index in [0.29, 0.717) is 10.8 Å². The molecule has 0 saturated carbocycles. The Kier molecular flexibility index (Phi) is 5.33. The molecule has 0 unspecified atom stereocenters. The van der Waals surface area contributed by atoms with Crippen LogP contribution in [-0.4, -0.2) is 30.9 Å². The van der Waals surface area contributed by atoms with E-state index in [2.05, 4.69) is 20.8 Å². The third kappa shape index (κ3) is 4.09. The molecule has 0 saturated heterocycles. The summed E-state index contributed by atoms with van der Waals surface area (Å²) in [5.41, 5.74) is 4.83. The molecule has 26 heavy (non-hydrogen) atoms. The highest BCUT2D eigenvalue weighted by Gasteiger charge is 2.08. The van der Waals surface area contributed by atoms with Crippen LogP contribution in [-0.2, 0) is 0 Å². The average Bonchev–Trinajstić information content (AvgIpc) is 3.07. The lowest BCUT2D eigenvalue weighted by Gasteiger charge is -2.04. The van der Waals surface area contributed by atoms with Crippen molar-refractivity contribution < 1.29 is 14.3 Å². The predicted molar refractivity (Wildman–Crippen MR) is 104 cm³/mol. The van der Waals surface area contributed by atoms with Crippen molar-refractivity contribution >= 4 is 38.4 Å². The lowest BCUT2D eigenvalue weighted by molar-refractivity contribution is 0.252. The molecule has 8 heteroatoms. The maximum atomic E-state index is 12.0. The SMILES string of the molecule is COc1ccc(/C(C)=N/NC(=O)Nc2nc3ccc(OC)cc3s2)cc1. The Morgan fingerprint density at radius 3 is 2.46 bits per heavy atom. The summed E-state index contributed by atoms with van der Waals surface area (Å²) in [4.78, 5) is 16.4. The Labute approximate surface area is 154 Å². The first kappa shape index (κ1) is 17.7. The van der Waals surface area contributed by atoms with E-state index in [1.807, 2.05) is 49.4 Å². The van der Waals surface area contributed by atoms with Crippen LogP contribution in [0.15, 0.2) is 47.6 Å². The minimum Gasteiger partial charge on any atom is -0.497 e. The quantitative estimate of drug-likeness (QED) is 0.528. The lowest BCUT2D eigenvalue weighted by Crippen LogP contribution is -2.25. The van der Waals surface area contributed by atoms with E-state index in [1.165, 1.54) is 11.3 Å². The largest absolute Gasteiger partial charge is 0.497 e. The van der Waals surface area contributed by atoms with E-state index in [0.717, 1.165) is 27.3 Å². The molecule has 2 amide bonds. The van der Waals surface area contributed by atoms with Crippen molar-refractivity contribution in [2.75, 3.05) is 19.5 Å². The number of anilines is 1. The Balaban J connectivity index is 1.64. The summed E-state index contributed by atoms with van der Waals surface area (Å²) in [5, 5.41) is 7.27. The van der Waals surface area contributed by atoms with E-state index >= 15 is 0 Å². The molecule has 2 N–H and O–H groups in total. The molecule has 3 aromatic rings. The number of rotatable bonds is 5. The summed E-state index contributed by atoms with van der Waals surface area (Å²) < 4.78 is 11.2. The van der Waals surface area contributed by atoms with Gasteiger partial charge in [-0.05, 0) is 55.0 Å². The summed E-state index contributed by atoms with van der Waals surface area (Å²) in [6.45, 7) is 1.81. The third-order valence-electron chi connectivity index (χ3n) is 3.65. The van der Waals surface area contributed by atoms with Crippen molar-refractivity contribution in [2.24, 2.45) is 5.10 Å². The van der Waals surface area contributed by atoms with E-state index in [-0.39, 0.29) is 0 Å². The minimum absolute atomic E-state index is 0.455. The first-order valence-corrected chi connectivity index (χ1v) is 8.61. The molecule has 0 radical (unpaired) electrons. The fraction of sp³-hybridized carbons (Fsp3) is 0.167. The van der Waals surface area contributed by atoms with E-state index in [4.69, 9.17) is 9.47 Å². The van der Waals surface area contributed by atoms with Crippen LogP contribution in [0.25, 0.3) is 10.2 Å². The normalized spacial score (nSPS) is 11.3. The molecule has 1 aromatic heterocycles. The van der Waals surface area contributed by atoms with Gasteiger partial charge in [-0.1, -0.05) is 11.3 Å². The number of nitrogens with one attached hydrogen (secondary N) is 2. The van der Waals surface area contributed by atoms with Gasteiger partial charge < -0.3 is 9.47 Å². The number of nitrogens with zero attached hydrogens (tertiary/aromatic N) is 2. The standard InChI is InChI=1S/C18H18N4O3S/c1-11(12-4-6-13(24-2)7-5-12)21-22-17(23)20-18-19-15-9-8-14(25-3)10-16(15)26-18/h4-10H,1-3H3,(H2,19,20,22,23)/b21-11+. The first-order chi connectivity index (χ1) is 12.6. The third-order valence-corrected chi connectivity index (χ3v) is 4.58. The molecule has 7 nitrogen and oxygen atoms in total. The van der Waals surface area contributed by atoms with Gasteiger partial charge in [0.1, 0.15) is 11.5 Å². The average molecular weight is 370 g/mol. The first-order valence-electron chi connectivity index (χ1n) is 7.79. The zero-order valence-electron chi connectivity index (χ0n) is 14.6. The van der Waals surface area contributed by atoms with Gasteiger partial charge in [-0.25, -0.2) is 15.2 Å². The maximum absolute atomic E-state index is 12.0. The van der Waals surface area contributed by atoms with Crippen LogP contribution in [0.2, 0.25) is 0 Å². The number of carbonyl (C=O) groups is 1. The van der Waals surface area contributed by atoms with Gasteiger partial charge in [-0.3, -0.25) is 5.32 Å². The zero-order valence-corrected chi connectivity index (χ0v) is 15.4. The Morgan fingerprint density at radius 1 is 1.08 bits per heavy atom. The zero-order chi connectivity index (χ0) is 18.5. The number of amides is 2. The van der Waals surface area contributed by atoms with Crippen LogP contribution in [0.1, 0.15) is 12.5 Å². The Morgan fingerprint density at radius 2 is 1.77 bits per heavy atom. The summed E-state index contributed by atoms with van der Waals surface area (Å²) in [7, 11) is 3.22. The number of fused-ring (bicyclic) bond motifs is 1. The molecule has 0 bridgehead atoms. The molecule has 0 fully saturated rings. The van der Waals surface area contributed by atoms with E-state index < -0.39 is 6.03 Å². The van der Waals surface area contributed by atoms with Crippen LogP contribution in [0.5, 0.6) is 11.5 Å². The van der Waals surface area contributed by atoms with Gasteiger partial charge in [0.15, 0.2) is 5.13 Å². The smallest absolute Gasteiger partial charge is 0.341 e. The van der Waals surface area contributed by atoms with Crippen molar-refractivity contribution in [2.45, 2.75) is 6.92 Å². The van der Waals surface area contributed by atoms with Crippen molar-refractivity contribution in [3.63, 3.8) is 0 Å². The number of hydrogen-bond acceptors (Lipinski definition) is 6. The number of benzene rings is 2. The van der Waals surface area contributed by atoms with Gasteiger partial charge in [0, 0.05) is 0 Å². The van der Waals surface area contributed by atoms with Gasteiger partial charge in [-0.15, -0.1) is 0 Å². The second kappa shape index (κ2) is 7.83. The van der Waals surface area contributed by atoms with Crippen LogP contribution in [0.3, 0.4) is 0 Å². The summed E-state index contributed by atoms with van der Waals surface area (Å²) in [6, 6.07) is 12.5. The van der Waals surface area contributed by atoms with Crippen molar-refractivity contribution in [1.29, 1.82) is 0 Å². The Hall–Kier alpha value is -3.13. The molecule has 0 aliphatic carbocycles. The van der Waals surface area contributed by atoms with Crippen LogP contribution in [0, 0.1) is 0 Å². The molecular formula is C18H18N4O3S. The molecule has 0 aliphatic heterocycles. The highest BCUT2D eigenvalue weighted by atomic mass is 32.1. The minimum atomic E-state index is -0.455. The van der Waals surface area contributed by atoms with E-state index in [1.54, 1.807) is 14.2 Å². The second-order valence-electron chi connectivity index (χ2n) is 5.34. The summed E-state index contributed by atoms with van der Waals surface area (Å²) >= 11 is 1.36. The van der Waals surface area contributed by atoms with Gasteiger partial charge in [0.05, 0.1) is 30.1 Å². The number of urea groups is 1. The Bertz CT molecular complexity index is 951. The van der Waals surface area contributed by atoms with Crippen molar-refractivity contribution in [3.05, 3.63) is 48.0 Å². The number of carbonyl (C=O) groups excluding carboxylic acids is 1. The molecule has 0 spiro atoms. The monoisotopic (exact) mass is 370 g/mol. The molecule has 1 heterocycles. The number of methoxy groups -OCH3 is 2. The van der Waals surface area contributed by atoms with E-state index in [9.17, 15) is 4.79 Å². The fourth-order valence-electron chi connectivity index (χ4n) is 2.24. The maximum Gasteiger partial charge on any atom is 0.341 e. The van der Waals surface area contributed by atoms with Crippen molar-refractivity contribution in [1.82, 2.24) is 10.4 Å². The summed E-state index contributed by atoms with van der Waals surface area (Å²) in [5.74, 6) is 1.51. The number of ether oxygens (including phenoxy) is 2. The van der Waals surface area contributed by atoms with Crippen LogP contribution < -0.4 is 20.2 Å². The number of thiazole rings is 1. The van der Waals surface area contributed by atoms with Crippen LogP contribution >= 0.6 is 11.3 Å². The molecule has 0 aliphatic rings. The van der Waals surface area contributed by atoms with Gasteiger partial charge >= 0.3 is 6.03 Å². The van der Waals surface area contributed by atoms with Gasteiger partial charge in [-0.2, -0.15) is 5.10 Å². The molecule has 134 valence electrons. The fourth-order valence-corrected chi connectivity index (χ4v) is 3.13. The predicted octanol–water partition coefficient (Wildman–Crippen LogP) is 3.86. The number of hydrazone groups is 1. The molecule has 3 rings (SSSR count). The number of aromatic nitrogens is 1. The topological polar surface area (TPSA) is 84.8 Å². The van der Waals surface area contributed by atoms with Crippen molar-refractivity contribution in [3.8, 4) is 11.5 Å².